The molecule has 2 heterocycles. The number of aromatic nitrogens is 1. The van der Waals surface area contributed by atoms with Gasteiger partial charge in [-0.2, -0.15) is 0 Å². The Morgan fingerprint density at radius 2 is 1.90 bits per heavy atom. The van der Waals surface area contributed by atoms with Gasteiger partial charge in [0, 0.05) is 26.2 Å². The van der Waals surface area contributed by atoms with Crippen LogP contribution in [0.15, 0.2) is 36.4 Å². The molecule has 0 unspecified atom stereocenters. The second kappa shape index (κ2) is 6.10. The maximum atomic E-state index is 14.2. The molecule has 1 aliphatic heterocycles. The molecular formula is C16H18FN3O. The molecule has 0 atom stereocenters. The molecule has 1 N–H and O–H groups in total. The van der Waals surface area contributed by atoms with E-state index < -0.39 is 0 Å². The minimum atomic E-state index is -0.320. The summed E-state index contributed by atoms with van der Waals surface area (Å²) in [4.78, 5) is 6.82. The van der Waals surface area contributed by atoms with Crippen LogP contribution in [0, 0.1) is 5.82 Å². The minimum Gasteiger partial charge on any atom is -0.496 e. The normalized spacial score (nSPS) is 15.0. The first-order valence-corrected chi connectivity index (χ1v) is 7.05. The Morgan fingerprint density at radius 1 is 1.14 bits per heavy atom. The summed E-state index contributed by atoms with van der Waals surface area (Å²) in [5.74, 6) is 1.05. The highest BCUT2D eigenvalue weighted by molar-refractivity contribution is 5.69. The predicted octanol–water partition coefficient (Wildman–Crippen LogP) is 2.31. The highest BCUT2D eigenvalue weighted by atomic mass is 19.1. The van der Waals surface area contributed by atoms with E-state index >= 15 is 0 Å². The van der Waals surface area contributed by atoms with Gasteiger partial charge >= 0.3 is 0 Å². The SMILES string of the molecule is COc1cccc(F)c1-c1cccc(N2CCNCC2)n1. The van der Waals surface area contributed by atoms with Crippen molar-refractivity contribution >= 4 is 5.82 Å². The number of hydrogen-bond donors (Lipinski definition) is 1. The zero-order valence-electron chi connectivity index (χ0n) is 12.0. The van der Waals surface area contributed by atoms with E-state index in [1.807, 2.05) is 18.2 Å². The largest absolute Gasteiger partial charge is 0.496 e. The molecule has 110 valence electrons. The van der Waals surface area contributed by atoms with Gasteiger partial charge in [0.2, 0.25) is 0 Å². The molecule has 0 spiro atoms. The van der Waals surface area contributed by atoms with Crippen molar-refractivity contribution < 1.29 is 9.13 Å². The Balaban J connectivity index is 2.00. The van der Waals surface area contributed by atoms with Crippen LogP contribution in [0.3, 0.4) is 0 Å². The van der Waals surface area contributed by atoms with Crippen LogP contribution in [0.2, 0.25) is 0 Å². The fourth-order valence-corrected chi connectivity index (χ4v) is 2.56. The summed E-state index contributed by atoms with van der Waals surface area (Å²) in [5, 5.41) is 3.31. The number of halogens is 1. The minimum absolute atomic E-state index is 0.320. The molecule has 4 nitrogen and oxygen atoms in total. The third kappa shape index (κ3) is 2.83. The molecule has 1 aliphatic rings. The molecule has 1 aromatic carbocycles. The van der Waals surface area contributed by atoms with Crippen LogP contribution < -0.4 is 15.0 Å². The molecule has 0 amide bonds. The van der Waals surface area contributed by atoms with E-state index in [0.29, 0.717) is 17.0 Å². The Kier molecular flexibility index (Phi) is 4.01. The van der Waals surface area contributed by atoms with Gasteiger partial charge in [0.05, 0.1) is 18.4 Å². The first kappa shape index (κ1) is 13.8. The van der Waals surface area contributed by atoms with Crippen molar-refractivity contribution in [1.29, 1.82) is 0 Å². The second-order valence-corrected chi connectivity index (χ2v) is 4.94. The molecule has 3 rings (SSSR count). The monoisotopic (exact) mass is 287 g/mol. The lowest BCUT2D eigenvalue weighted by atomic mass is 10.1. The van der Waals surface area contributed by atoms with Crippen molar-refractivity contribution in [2.24, 2.45) is 0 Å². The summed E-state index contributed by atoms with van der Waals surface area (Å²) in [5.41, 5.74) is 1.01. The molecule has 1 fully saturated rings. The number of rotatable bonds is 3. The fourth-order valence-electron chi connectivity index (χ4n) is 2.56. The highest BCUT2D eigenvalue weighted by Crippen LogP contribution is 2.32. The number of nitrogens with zero attached hydrogens (tertiary/aromatic N) is 2. The van der Waals surface area contributed by atoms with Crippen molar-refractivity contribution in [3.63, 3.8) is 0 Å². The van der Waals surface area contributed by atoms with Crippen LogP contribution in [-0.4, -0.2) is 38.3 Å². The average Bonchev–Trinajstić information content (AvgIpc) is 2.55. The van der Waals surface area contributed by atoms with Crippen LogP contribution in [0.25, 0.3) is 11.3 Å². The van der Waals surface area contributed by atoms with Gasteiger partial charge in [0.15, 0.2) is 0 Å². The van der Waals surface area contributed by atoms with Crippen molar-refractivity contribution in [1.82, 2.24) is 10.3 Å². The van der Waals surface area contributed by atoms with Gasteiger partial charge in [-0.3, -0.25) is 0 Å². The topological polar surface area (TPSA) is 37.4 Å². The smallest absolute Gasteiger partial charge is 0.136 e. The first-order chi connectivity index (χ1) is 10.3. The van der Waals surface area contributed by atoms with Gasteiger partial charge in [-0.05, 0) is 24.3 Å². The number of pyridine rings is 1. The second-order valence-electron chi connectivity index (χ2n) is 4.94. The number of nitrogens with one attached hydrogen (secondary N) is 1. The van der Waals surface area contributed by atoms with Crippen molar-refractivity contribution in [3.8, 4) is 17.0 Å². The Hall–Kier alpha value is -2.14. The van der Waals surface area contributed by atoms with Gasteiger partial charge in [0.25, 0.3) is 0 Å². The lowest BCUT2D eigenvalue weighted by Gasteiger charge is -2.28. The van der Waals surface area contributed by atoms with E-state index in [0.717, 1.165) is 32.0 Å². The molecule has 21 heavy (non-hydrogen) atoms. The lowest BCUT2D eigenvalue weighted by molar-refractivity contribution is 0.413. The first-order valence-electron chi connectivity index (χ1n) is 7.05. The van der Waals surface area contributed by atoms with E-state index in [9.17, 15) is 4.39 Å². The van der Waals surface area contributed by atoms with Gasteiger partial charge in [-0.1, -0.05) is 12.1 Å². The van der Waals surface area contributed by atoms with Gasteiger partial charge in [-0.25, -0.2) is 9.37 Å². The zero-order valence-corrected chi connectivity index (χ0v) is 12.0. The third-order valence-corrected chi connectivity index (χ3v) is 3.63. The maximum Gasteiger partial charge on any atom is 0.136 e. The van der Waals surface area contributed by atoms with E-state index in [1.54, 1.807) is 19.2 Å². The molecule has 0 aliphatic carbocycles. The third-order valence-electron chi connectivity index (χ3n) is 3.63. The summed E-state index contributed by atoms with van der Waals surface area (Å²) in [6.45, 7) is 3.69. The quantitative estimate of drug-likeness (QED) is 0.940. The Morgan fingerprint density at radius 3 is 2.67 bits per heavy atom. The van der Waals surface area contributed by atoms with E-state index in [4.69, 9.17) is 4.74 Å². The molecule has 5 heteroatoms. The summed E-state index contributed by atoms with van der Waals surface area (Å²) in [7, 11) is 1.54. The number of hydrogen-bond acceptors (Lipinski definition) is 4. The average molecular weight is 287 g/mol. The van der Waals surface area contributed by atoms with Crippen LogP contribution >= 0.6 is 0 Å². The van der Waals surface area contributed by atoms with E-state index in [1.165, 1.54) is 6.07 Å². The fraction of sp³-hybridized carbons (Fsp3) is 0.312. The Labute approximate surface area is 123 Å². The van der Waals surface area contributed by atoms with E-state index in [-0.39, 0.29) is 5.82 Å². The maximum absolute atomic E-state index is 14.2. The van der Waals surface area contributed by atoms with Gasteiger partial charge in [-0.15, -0.1) is 0 Å². The van der Waals surface area contributed by atoms with Gasteiger partial charge < -0.3 is 15.0 Å². The predicted molar refractivity (Wildman–Crippen MR) is 81.3 cm³/mol. The summed E-state index contributed by atoms with van der Waals surface area (Å²) >= 11 is 0. The number of anilines is 1. The molecular weight excluding hydrogens is 269 g/mol. The molecule has 0 bridgehead atoms. The molecule has 1 saturated heterocycles. The van der Waals surface area contributed by atoms with Gasteiger partial charge in [0.1, 0.15) is 17.4 Å². The number of methoxy groups -OCH3 is 1. The standard InChI is InChI=1S/C16H18FN3O/c1-21-14-6-2-4-12(17)16(14)13-5-3-7-15(19-13)20-10-8-18-9-11-20/h2-7,18H,8-11H2,1H3. The summed E-state index contributed by atoms with van der Waals surface area (Å²) < 4.78 is 19.4. The molecule has 2 aromatic rings. The molecule has 0 radical (unpaired) electrons. The van der Waals surface area contributed by atoms with Crippen LogP contribution in [-0.2, 0) is 0 Å². The Bertz CT molecular complexity index is 627. The lowest BCUT2D eigenvalue weighted by Crippen LogP contribution is -2.43. The van der Waals surface area contributed by atoms with Crippen molar-refractivity contribution in [2.45, 2.75) is 0 Å². The van der Waals surface area contributed by atoms with Crippen molar-refractivity contribution in [2.75, 3.05) is 38.2 Å². The van der Waals surface area contributed by atoms with Crippen molar-refractivity contribution in [3.05, 3.63) is 42.2 Å². The number of ether oxygens (including phenoxy) is 1. The van der Waals surface area contributed by atoms with Crippen LogP contribution in [0.5, 0.6) is 5.75 Å². The van der Waals surface area contributed by atoms with Crippen LogP contribution in [0.1, 0.15) is 0 Å². The summed E-state index contributed by atoms with van der Waals surface area (Å²) in [6, 6.07) is 10.5. The number of benzene rings is 1. The van der Waals surface area contributed by atoms with E-state index in [2.05, 4.69) is 15.2 Å². The molecule has 1 aromatic heterocycles. The molecule has 0 saturated carbocycles. The van der Waals surface area contributed by atoms with Crippen LogP contribution in [0.4, 0.5) is 10.2 Å². The highest BCUT2D eigenvalue weighted by Gasteiger charge is 2.16. The number of piperazine rings is 1. The summed E-state index contributed by atoms with van der Waals surface area (Å²) in [6.07, 6.45) is 0. The zero-order chi connectivity index (χ0) is 14.7.